The van der Waals surface area contributed by atoms with Crippen LogP contribution in [0.2, 0.25) is 0 Å². The van der Waals surface area contributed by atoms with Gasteiger partial charge in [-0.15, -0.1) is 0 Å². The van der Waals surface area contributed by atoms with Gasteiger partial charge in [-0.05, 0) is 17.7 Å². The summed E-state index contributed by atoms with van der Waals surface area (Å²) in [6, 6.07) is 7.85. The molecule has 0 saturated heterocycles. The van der Waals surface area contributed by atoms with Gasteiger partial charge in [0.15, 0.2) is 17.3 Å². The molecule has 3 rings (SSSR count). The van der Waals surface area contributed by atoms with Crippen LogP contribution in [0.3, 0.4) is 0 Å². The van der Waals surface area contributed by atoms with Crippen molar-refractivity contribution in [1.82, 2.24) is 14.4 Å². The Morgan fingerprint density at radius 3 is 3.10 bits per heavy atom. The van der Waals surface area contributed by atoms with Gasteiger partial charge in [0.2, 0.25) is 0 Å². The quantitative estimate of drug-likeness (QED) is 0.487. The number of hydrogen-bond donors (Lipinski definition) is 3. The number of aromatic nitrogens is 3. The zero-order valence-corrected chi connectivity index (χ0v) is 11.6. The molecule has 0 radical (unpaired) electrons. The Kier molecular flexibility index (Phi) is 3.57. The number of imidazole rings is 1. The number of hydrogen-bond acceptors (Lipinski definition) is 6. The Morgan fingerprint density at radius 2 is 2.29 bits per heavy atom. The van der Waals surface area contributed by atoms with Crippen molar-refractivity contribution in [3.05, 3.63) is 48.4 Å². The van der Waals surface area contributed by atoms with Crippen molar-refractivity contribution < 1.29 is 4.74 Å². The number of rotatable bonds is 5. The first-order valence-electron chi connectivity index (χ1n) is 6.47. The highest BCUT2D eigenvalue weighted by molar-refractivity contribution is 5.65. The molecule has 3 aromatic rings. The normalized spacial score (nSPS) is 10.6. The molecule has 2 heterocycles. The van der Waals surface area contributed by atoms with Crippen LogP contribution in [-0.2, 0) is 6.54 Å². The second-order valence-corrected chi connectivity index (χ2v) is 4.48. The van der Waals surface area contributed by atoms with E-state index >= 15 is 0 Å². The summed E-state index contributed by atoms with van der Waals surface area (Å²) in [5.74, 6) is 7.49. The van der Waals surface area contributed by atoms with Crippen LogP contribution in [0, 0.1) is 0 Å². The van der Waals surface area contributed by atoms with Crippen molar-refractivity contribution in [1.29, 1.82) is 0 Å². The number of nitrogen functional groups attached to an aromatic ring is 1. The summed E-state index contributed by atoms with van der Waals surface area (Å²) in [6.45, 7) is 0.612. The molecule has 0 fully saturated rings. The molecule has 2 aromatic heterocycles. The van der Waals surface area contributed by atoms with Crippen molar-refractivity contribution in [3.63, 3.8) is 0 Å². The number of nitrogens with two attached hydrogens (primary N) is 1. The number of fused-ring (bicyclic) bond motifs is 1. The predicted octanol–water partition coefficient (Wildman–Crippen LogP) is 1.64. The molecule has 1 aromatic carbocycles. The molecule has 108 valence electrons. The summed E-state index contributed by atoms with van der Waals surface area (Å²) in [5.41, 5.74) is 4.38. The second kappa shape index (κ2) is 5.68. The summed E-state index contributed by atoms with van der Waals surface area (Å²) in [4.78, 5) is 8.67. The lowest BCUT2D eigenvalue weighted by molar-refractivity contribution is 0.414. The Hall–Kier alpha value is -2.80. The highest BCUT2D eigenvalue weighted by atomic mass is 16.5. The van der Waals surface area contributed by atoms with E-state index in [9.17, 15) is 0 Å². The fraction of sp³-hybridized carbons (Fsp3) is 0.143. The molecule has 0 aliphatic rings. The molecular formula is C14H16N6O. The van der Waals surface area contributed by atoms with Gasteiger partial charge in [-0.2, -0.15) is 0 Å². The SMILES string of the molecule is COc1cccc(CNc2nc(NN)cn3ccnc23)c1. The lowest BCUT2D eigenvalue weighted by Gasteiger charge is -2.10. The van der Waals surface area contributed by atoms with Crippen LogP contribution in [0.5, 0.6) is 5.75 Å². The number of nitrogens with one attached hydrogen (secondary N) is 2. The topological polar surface area (TPSA) is 89.5 Å². The number of ether oxygens (including phenoxy) is 1. The average molecular weight is 284 g/mol. The van der Waals surface area contributed by atoms with Crippen molar-refractivity contribution in [2.75, 3.05) is 17.9 Å². The van der Waals surface area contributed by atoms with Crippen molar-refractivity contribution in [3.8, 4) is 5.75 Å². The maximum absolute atomic E-state index is 5.43. The maximum atomic E-state index is 5.43. The first kappa shape index (κ1) is 13.2. The van der Waals surface area contributed by atoms with Gasteiger partial charge >= 0.3 is 0 Å². The van der Waals surface area contributed by atoms with Gasteiger partial charge in [-0.25, -0.2) is 15.8 Å². The fourth-order valence-electron chi connectivity index (χ4n) is 2.09. The minimum Gasteiger partial charge on any atom is -0.497 e. The van der Waals surface area contributed by atoms with E-state index in [1.807, 2.05) is 34.9 Å². The van der Waals surface area contributed by atoms with Gasteiger partial charge in [0.05, 0.1) is 13.3 Å². The minimum absolute atomic E-state index is 0.564. The van der Waals surface area contributed by atoms with Crippen molar-refractivity contribution >= 4 is 17.3 Å². The molecule has 0 bridgehead atoms. The Labute approximate surface area is 121 Å². The highest BCUT2D eigenvalue weighted by Gasteiger charge is 2.07. The molecule has 0 saturated carbocycles. The number of methoxy groups -OCH3 is 1. The molecule has 7 heteroatoms. The minimum atomic E-state index is 0.564. The molecule has 0 atom stereocenters. The molecule has 7 nitrogen and oxygen atoms in total. The zero-order chi connectivity index (χ0) is 14.7. The van der Waals surface area contributed by atoms with E-state index in [1.54, 1.807) is 19.5 Å². The summed E-state index contributed by atoms with van der Waals surface area (Å²) in [6.07, 6.45) is 5.33. The van der Waals surface area contributed by atoms with Crippen LogP contribution in [-0.4, -0.2) is 21.5 Å². The molecule has 4 N–H and O–H groups in total. The third-order valence-corrected chi connectivity index (χ3v) is 3.12. The first-order valence-corrected chi connectivity index (χ1v) is 6.47. The number of nitrogens with zero attached hydrogens (tertiary/aromatic N) is 3. The molecule has 21 heavy (non-hydrogen) atoms. The van der Waals surface area contributed by atoms with E-state index in [2.05, 4.69) is 20.7 Å². The Bertz CT molecular complexity index is 754. The number of anilines is 2. The fourth-order valence-corrected chi connectivity index (χ4v) is 2.09. The van der Waals surface area contributed by atoms with Gasteiger partial charge in [-0.3, -0.25) is 0 Å². The third-order valence-electron chi connectivity index (χ3n) is 3.12. The maximum Gasteiger partial charge on any atom is 0.180 e. The smallest absolute Gasteiger partial charge is 0.180 e. The summed E-state index contributed by atoms with van der Waals surface area (Å²) < 4.78 is 7.07. The monoisotopic (exact) mass is 284 g/mol. The van der Waals surface area contributed by atoms with Crippen LogP contribution in [0.1, 0.15) is 5.56 Å². The zero-order valence-electron chi connectivity index (χ0n) is 11.6. The summed E-state index contributed by atoms with van der Waals surface area (Å²) in [5, 5.41) is 3.27. The first-order chi connectivity index (χ1) is 10.3. The lowest BCUT2D eigenvalue weighted by atomic mass is 10.2. The molecule has 0 amide bonds. The van der Waals surface area contributed by atoms with Crippen molar-refractivity contribution in [2.45, 2.75) is 6.54 Å². The van der Waals surface area contributed by atoms with E-state index in [1.165, 1.54) is 0 Å². The molecule has 0 aliphatic carbocycles. The molecular weight excluding hydrogens is 268 g/mol. The average Bonchev–Trinajstić information content (AvgIpc) is 3.01. The van der Waals surface area contributed by atoms with E-state index < -0.39 is 0 Å². The molecule has 0 aliphatic heterocycles. The Balaban J connectivity index is 1.85. The van der Waals surface area contributed by atoms with E-state index in [4.69, 9.17) is 10.6 Å². The molecule has 0 spiro atoms. The second-order valence-electron chi connectivity index (χ2n) is 4.48. The van der Waals surface area contributed by atoms with E-state index in [0.29, 0.717) is 18.2 Å². The van der Waals surface area contributed by atoms with Gasteiger partial charge < -0.3 is 19.9 Å². The van der Waals surface area contributed by atoms with E-state index in [0.717, 1.165) is 17.0 Å². The Morgan fingerprint density at radius 1 is 1.38 bits per heavy atom. The number of benzene rings is 1. The van der Waals surface area contributed by atoms with E-state index in [-0.39, 0.29) is 0 Å². The highest BCUT2D eigenvalue weighted by Crippen LogP contribution is 2.18. The summed E-state index contributed by atoms with van der Waals surface area (Å²) in [7, 11) is 1.65. The van der Waals surface area contributed by atoms with Gasteiger partial charge in [-0.1, -0.05) is 12.1 Å². The lowest BCUT2D eigenvalue weighted by Crippen LogP contribution is -2.12. The third kappa shape index (κ3) is 2.72. The summed E-state index contributed by atoms with van der Waals surface area (Å²) >= 11 is 0. The van der Waals surface area contributed by atoms with Crippen LogP contribution < -0.4 is 21.3 Å². The van der Waals surface area contributed by atoms with Crippen LogP contribution >= 0.6 is 0 Å². The predicted molar refractivity (Wildman–Crippen MR) is 81.1 cm³/mol. The van der Waals surface area contributed by atoms with Crippen LogP contribution in [0.25, 0.3) is 5.65 Å². The van der Waals surface area contributed by atoms with Gasteiger partial charge in [0.1, 0.15) is 5.75 Å². The van der Waals surface area contributed by atoms with Gasteiger partial charge in [0.25, 0.3) is 0 Å². The molecule has 0 unspecified atom stereocenters. The van der Waals surface area contributed by atoms with Crippen LogP contribution in [0.4, 0.5) is 11.6 Å². The standard InChI is InChI=1S/C14H16N6O/c1-21-11-4-2-3-10(7-11)8-17-13-14-16-5-6-20(14)9-12(18-13)19-15/h2-7,9,19H,8,15H2,1H3,(H,17,18). The van der Waals surface area contributed by atoms with Crippen molar-refractivity contribution in [2.24, 2.45) is 5.84 Å². The van der Waals surface area contributed by atoms with Gasteiger partial charge in [0, 0.05) is 18.9 Å². The van der Waals surface area contributed by atoms with Crippen LogP contribution in [0.15, 0.2) is 42.9 Å². The largest absolute Gasteiger partial charge is 0.497 e. The number of hydrazine groups is 1.